The van der Waals surface area contributed by atoms with E-state index in [1.165, 1.54) is 13.3 Å². The van der Waals surface area contributed by atoms with Crippen molar-refractivity contribution in [1.29, 1.82) is 0 Å². The van der Waals surface area contributed by atoms with Gasteiger partial charge in [-0.3, -0.25) is 4.79 Å². The molecule has 8 nitrogen and oxygen atoms in total. The van der Waals surface area contributed by atoms with Crippen molar-refractivity contribution < 1.29 is 19.1 Å². The van der Waals surface area contributed by atoms with Gasteiger partial charge in [-0.25, -0.2) is 4.79 Å². The van der Waals surface area contributed by atoms with Crippen molar-refractivity contribution >= 4 is 17.7 Å². The average Bonchev–Trinajstić information content (AvgIpc) is 2.94. The predicted molar refractivity (Wildman–Crippen MR) is 77.6 cm³/mol. The van der Waals surface area contributed by atoms with Crippen molar-refractivity contribution in [3.63, 3.8) is 0 Å². The van der Waals surface area contributed by atoms with Crippen LogP contribution in [0.25, 0.3) is 0 Å². The van der Waals surface area contributed by atoms with Crippen LogP contribution in [0, 0.1) is 0 Å². The fourth-order valence-electron chi connectivity index (χ4n) is 1.77. The number of nitrogens with zero attached hydrogens (tertiary/aromatic N) is 3. The number of aromatic nitrogens is 3. The summed E-state index contributed by atoms with van der Waals surface area (Å²) >= 11 is 0. The second-order valence-corrected chi connectivity index (χ2v) is 4.22. The van der Waals surface area contributed by atoms with Crippen LogP contribution in [0.15, 0.2) is 30.5 Å². The van der Waals surface area contributed by atoms with Gasteiger partial charge in [0, 0.05) is 0 Å². The zero-order valence-electron chi connectivity index (χ0n) is 12.3. The van der Waals surface area contributed by atoms with Gasteiger partial charge in [0.1, 0.15) is 5.75 Å². The molecule has 0 saturated heterocycles. The lowest BCUT2D eigenvalue weighted by Gasteiger charge is -2.06. The summed E-state index contributed by atoms with van der Waals surface area (Å²) in [5.74, 6) is -0.125. The molecule has 8 heteroatoms. The largest absolute Gasteiger partial charge is 0.496 e. The number of para-hydroxylation sites is 1. The van der Waals surface area contributed by atoms with Gasteiger partial charge in [-0.15, -0.1) is 5.10 Å². The van der Waals surface area contributed by atoms with Gasteiger partial charge in [0.05, 0.1) is 25.5 Å². The van der Waals surface area contributed by atoms with Crippen molar-refractivity contribution in [3.05, 3.63) is 36.0 Å². The number of hydrogen-bond donors (Lipinski definition) is 1. The first-order valence-corrected chi connectivity index (χ1v) is 6.64. The van der Waals surface area contributed by atoms with E-state index in [2.05, 4.69) is 15.5 Å². The number of rotatable bonds is 6. The second kappa shape index (κ2) is 7.21. The Morgan fingerprint density at radius 3 is 2.82 bits per heavy atom. The number of amides is 1. The smallest absolute Gasteiger partial charge is 0.329 e. The first-order chi connectivity index (χ1) is 10.6. The maximum absolute atomic E-state index is 12.2. The topological polar surface area (TPSA) is 95.3 Å². The number of carbonyl (C=O) groups excluding carboxylic acids is 2. The van der Waals surface area contributed by atoms with Crippen LogP contribution in [0.1, 0.15) is 17.3 Å². The Labute approximate surface area is 127 Å². The molecule has 2 aromatic rings. The zero-order chi connectivity index (χ0) is 15.9. The number of ether oxygens (including phenoxy) is 2. The highest BCUT2D eigenvalue weighted by atomic mass is 16.5. The van der Waals surface area contributed by atoms with Crippen LogP contribution in [0.5, 0.6) is 5.75 Å². The van der Waals surface area contributed by atoms with Crippen LogP contribution in [0.4, 0.5) is 5.82 Å². The van der Waals surface area contributed by atoms with Crippen LogP contribution in [0.2, 0.25) is 0 Å². The number of esters is 1. The predicted octanol–water partition coefficient (Wildman–Crippen LogP) is 1.10. The molecule has 0 aliphatic rings. The number of anilines is 1. The van der Waals surface area contributed by atoms with Gasteiger partial charge in [-0.1, -0.05) is 12.1 Å². The van der Waals surface area contributed by atoms with E-state index in [0.717, 1.165) is 4.80 Å². The lowest BCUT2D eigenvalue weighted by molar-refractivity contribution is -0.144. The molecule has 1 aromatic heterocycles. The minimum absolute atomic E-state index is 0.113. The van der Waals surface area contributed by atoms with E-state index in [0.29, 0.717) is 11.3 Å². The zero-order valence-corrected chi connectivity index (χ0v) is 12.3. The standard InChI is InChI=1S/C14H16N4O4/c1-3-22-13(19)9-18-15-8-12(17-18)16-14(20)10-6-4-5-7-11(10)21-2/h4-8H,3,9H2,1-2H3,(H,16,17,20). The third-order valence-corrected chi connectivity index (χ3v) is 2.71. The molecule has 2 rings (SSSR count). The Morgan fingerprint density at radius 1 is 1.32 bits per heavy atom. The van der Waals surface area contributed by atoms with Gasteiger partial charge in [-0.2, -0.15) is 9.90 Å². The number of hydrogen-bond acceptors (Lipinski definition) is 6. The summed E-state index contributed by atoms with van der Waals surface area (Å²) in [4.78, 5) is 24.6. The summed E-state index contributed by atoms with van der Waals surface area (Å²) in [7, 11) is 1.49. The first kappa shape index (κ1) is 15.5. The fourth-order valence-corrected chi connectivity index (χ4v) is 1.77. The van der Waals surface area contributed by atoms with Crippen LogP contribution < -0.4 is 10.1 Å². The summed E-state index contributed by atoms with van der Waals surface area (Å²) in [5.41, 5.74) is 0.380. The summed E-state index contributed by atoms with van der Waals surface area (Å²) in [6, 6.07) is 6.82. The van der Waals surface area contributed by atoms with E-state index < -0.39 is 5.97 Å². The third kappa shape index (κ3) is 3.81. The molecule has 0 aliphatic heterocycles. The van der Waals surface area contributed by atoms with E-state index in [1.807, 2.05) is 0 Å². The average molecular weight is 304 g/mol. The summed E-state index contributed by atoms with van der Waals surface area (Å²) in [6.45, 7) is 1.89. The number of carbonyl (C=O) groups is 2. The number of nitrogens with one attached hydrogen (secondary N) is 1. The monoisotopic (exact) mass is 304 g/mol. The Balaban J connectivity index is 2.03. The Hall–Kier alpha value is -2.90. The van der Waals surface area contributed by atoms with Gasteiger partial charge < -0.3 is 14.8 Å². The third-order valence-electron chi connectivity index (χ3n) is 2.71. The van der Waals surface area contributed by atoms with E-state index in [1.54, 1.807) is 31.2 Å². The van der Waals surface area contributed by atoms with Crippen LogP contribution >= 0.6 is 0 Å². The van der Waals surface area contributed by atoms with Gasteiger partial charge in [-0.05, 0) is 19.1 Å². The molecular formula is C14H16N4O4. The highest BCUT2D eigenvalue weighted by Crippen LogP contribution is 2.18. The molecule has 0 aliphatic carbocycles. The summed E-state index contributed by atoms with van der Waals surface area (Å²) < 4.78 is 9.92. The molecule has 22 heavy (non-hydrogen) atoms. The van der Waals surface area contributed by atoms with Gasteiger partial charge in [0.2, 0.25) is 0 Å². The van der Waals surface area contributed by atoms with Crippen molar-refractivity contribution in [3.8, 4) is 5.75 Å². The Bertz CT molecular complexity index is 668. The quantitative estimate of drug-likeness (QED) is 0.803. The number of benzene rings is 1. The molecule has 0 spiro atoms. The fraction of sp³-hybridized carbons (Fsp3) is 0.286. The second-order valence-electron chi connectivity index (χ2n) is 4.22. The SMILES string of the molecule is CCOC(=O)Cn1ncc(NC(=O)c2ccccc2OC)n1. The minimum atomic E-state index is -0.444. The molecule has 0 saturated carbocycles. The van der Waals surface area contributed by atoms with Crippen molar-refractivity contribution in [1.82, 2.24) is 15.0 Å². The van der Waals surface area contributed by atoms with E-state index in [9.17, 15) is 9.59 Å². The lowest BCUT2D eigenvalue weighted by atomic mass is 10.2. The van der Waals surface area contributed by atoms with E-state index >= 15 is 0 Å². The molecule has 0 radical (unpaired) electrons. The van der Waals surface area contributed by atoms with Crippen molar-refractivity contribution in [2.24, 2.45) is 0 Å². The Morgan fingerprint density at radius 2 is 2.09 bits per heavy atom. The normalized spacial score (nSPS) is 10.1. The van der Waals surface area contributed by atoms with Gasteiger partial charge in [0.25, 0.3) is 5.91 Å². The molecule has 0 bridgehead atoms. The molecule has 1 amide bonds. The number of methoxy groups -OCH3 is 1. The van der Waals surface area contributed by atoms with Crippen molar-refractivity contribution in [2.45, 2.75) is 13.5 Å². The van der Waals surface area contributed by atoms with Crippen LogP contribution in [0.3, 0.4) is 0 Å². The van der Waals surface area contributed by atoms with Crippen LogP contribution in [-0.2, 0) is 16.1 Å². The van der Waals surface area contributed by atoms with Crippen LogP contribution in [-0.4, -0.2) is 40.6 Å². The highest BCUT2D eigenvalue weighted by molar-refractivity contribution is 6.05. The molecule has 1 aromatic carbocycles. The maximum Gasteiger partial charge on any atom is 0.329 e. The molecule has 0 unspecified atom stereocenters. The minimum Gasteiger partial charge on any atom is -0.496 e. The maximum atomic E-state index is 12.2. The molecule has 1 heterocycles. The van der Waals surface area contributed by atoms with Gasteiger partial charge >= 0.3 is 5.97 Å². The van der Waals surface area contributed by atoms with E-state index in [-0.39, 0.29) is 24.9 Å². The van der Waals surface area contributed by atoms with E-state index in [4.69, 9.17) is 9.47 Å². The van der Waals surface area contributed by atoms with Gasteiger partial charge in [0.15, 0.2) is 12.4 Å². The summed E-state index contributed by atoms with van der Waals surface area (Å²) in [6.07, 6.45) is 1.35. The lowest BCUT2D eigenvalue weighted by Crippen LogP contribution is -2.17. The molecule has 116 valence electrons. The molecule has 0 fully saturated rings. The molecular weight excluding hydrogens is 288 g/mol. The highest BCUT2D eigenvalue weighted by Gasteiger charge is 2.14. The first-order valence-electron chi connectivity index (χ1n) is 6.64. The van der Waals surface area contributed by atoms with Crippen molar-refractivity contribution in [2.75, 3.05) is 19.0 Å². The molecule has 1 N–H and O–H groups in total. The molecule has 0 atom stereocenters. The summed E-state index contributed by atoms with van der Waals surface area (Å²) in [5, 5.41) is 10.5. The Kier molecular flexibility index (Phi) is 5.07.